The van der Waals surface area contributed by atoms with E-state index in [1.54, 1.807) is 0 Å². The van der Waals surface area contributed by atoms with E-state index in [9.17, 15) is 9.59 Å². The van der Waals surface area contributed by atoms with Gasteiger partial charge in [-0.25, -0.2) is 0 Å². The summed E-state index contributed by atoms with van der Waals surface area (Å²) in [6.45, 7) is 3.98. The van der Waals surface area contributed by atoms with Crippen molar-refractivity contribution in [3.8, 4) is 0 Å². The SMILES string of the molecule is CC(C(=O)NCCSCC(=O)O)C1CCOCC1. The first-order valence-corrected chi connectivity index (χ1v) is 7.41. The normalized spacial score (nSPS) is 18.3. The van der Waals surface area contributed by atoms with Crippen LogP contribution in [0.3, 0.4) is 0 Å². The van der Waals surface area contributed by atoms with Gasteiger partial charge in [0.05, 0.1) is 5.75 Å². The molecular formula is C12H21NO4S. The molecule has 1 unspecified atom stereocenters. The average Bonchev–Trinajstić information content (AvgIpc) is 2.38. The summed E-state index contributed by atoms with van der Waals surface area (Å²) in [5.74, 6) is 0.396. The molecule has 1 atom stereocenters. The van der Waals surface area contributed by atoms with Crippen LogP contribution in [0.4, 0.5) is 0 Å². The van der Waals surface area contributed by atoms with E-state index in [0.29, 0.717) is 18.2 Å². The van der Waals surface area contributed by atoms with Crippen molar-refractivity contribution >= 4 is 23.6 Å². The Bertz CT molecular complexity index is 279. The Labute approximate surface area is 112 Å². The Hall–Kier alpha value is -0.750. The van der Waals surface area contributed by atoms with Gasteiger partial charge in [0.15, 0.2) is 0 Å². The number of hydrogen-bond acceptors (Lipinski definition) is 4. The fourth-order valence-electron chi connectivity index (χ4n) is 2.00. The second-order valence-corrected chi connectivity index (χ2v) is 5.58. The van der Waals surface area contributed by atoms with E-state index in [1.807, 2.05) is 6.92 Å². The zero-order chi connectivity index (χ0) is 13.4. The summed E-state index contributed by atoms with van der Waals surface area (Å²) in [5, 5.41) is 11.3. The highest BCUT2D eigenvalue weighted by atomic mass is 32.2. The van der Waals surface area contributed by atoms with Gasteiger partial charge in [0.25, 0.3) is 0 Å². The topological polar surface area (TPSA) is 75.6 Å². The van der Waals surface area contributed by atoms with Gasteiger partial charge in [-0.05, 0) is 18.8 Å². The molecule has 0 spiro atoms. The number of amides is 1. The maximum absolute atomic E-state index is 11.9. The predicted octanol–water partition coefficient (Wildman–Crippen LogP) is 0.983. The molecule has 1 aliphatic heterocycles. The minimum atomic E-state index is -0.818. The van der Waals surface area contributed by atoms with Crippen LogP contribution in [-0.4, -0.2) is 48.2 Å². The van der Waals surface area contributed by atoms with E-state index >= 15 is 0 Å². The second kappa shape index (κ2) is 8.37. The molecule has 5 nitrogen and oxygen atoms in total. The van der Waals surface area contributed by atoms with Gasteiger partial charge >= 0.3 is 5.97 Å². The van der Waals surface area contributed by atoms with Crippen LogP contribution in [0, 0.1) is 11.8 Å². The Balaban J connectivity index is 2.13. The Kier molecular flexibility index (Phi) is 7.12. The number of carbonyl (C=O) groups excluding carboxylic acids is 1. The molecule has 0 radical (unpaired) electrons. The first-order valence-electron chi connectivity index (χ1n) is 6.26. The molecule has 104 valence electrons. The minimum absolute atomic E-state index is 0.0124. The largest absolute Gasteiger partial charge is 0.481 e. The molecule has 0 aliphatic carbocycles. The quantitative estimate of drug-likeness (QED) is 0.678. The molecule has 1 aliphatic rings. The van der Waals surface area contributed by atoms with Gasteiger partial charge in [0.2, 0.25) is 5.91 Å². The molecule has 0 saturated carbocycles. The highest BCUT2D eigenvalue weighted by molar-refractivity contribution is 7.99. The average molecular weight is 275 g/mol. The summed E-state index contributed by atoms with van der Waals surface area (Å²) in [7, 11) is 0. The lowest BCUT2D eigenvalue weighted by atomic mass is 9.87. The van der Waals surface area contributed by atoms with Gasteiger partial charge in [-0.2, -0.15) is 0 Å². The third kappa shape index (κ3) is 5.73. The summed E-state index contributed by atoms with van der Waals surface area (Å²) >= 11 is 1.32. The van der Waals surface area contributed by atoms with E-state index in [2.05, 4.69) is 5.32 Å². The second-order valence-electron chi connectivity index (χ2n) is 4.48. The fourth-order valence-corrected chi connectivity index (χ4v) is 2.56. The van der Waals surface area contributed by atoms with Crippen LogP contribution in [0.15, 0.2) is 0 Å². The standard InChI is InChI=1S/C12H21NO4S/c1-9(10-2-5-17-6-3-10)12(16)13-4-7-18-8-11(14)15/h9-10H,2-8H2,1H3,(H,13,16)(H,14,15). The lowest BCUT2D eigenvalue weighted by molar-refractivity contribution is -0.134. The molecule has 2 N–H and O–H groups in total. The van der Waals surface area contributed by atoms with Gasteiger partial charge in [0.1, 0.15) is 0 Å². The summed E-state index contributed by atoms with van der Waals surface area (Å²) in [6, 6.07) is 0. The number of hydrogen-bond donors (Lipinski definition) is 2. The zero-order valence-electron chi connectivity index (χ0n) is 10.7. The number of aliphatic carboxylic acids is 1. The van der Waals surface area contributed by atoms with E-state index < -0.39 is 5.97 Å². The number of carbonyl (C=O) groups is 2. The van der Waals surface area contributed by atoms with E-state index in [0.717, 1.165) is 26.1 Å². The van der Waals surface area contributed by atoms with Crippen molar-refractivity contribution in [2.75, 3.05) is 31.3 Å². The lowest BCUT2D eigenvalue weighted by Gasteiger charge is -2.26. The predicted molar refractivity (Wildman–Crippen MR) is 70.7 cm³/mol. The molecule has 0 aromatic carbocycles. The summed E-state index contributed by atoms with van der Waals surface area (Å²) in [4.78, 5) is 22.2. The van der Waals surface area contributed by atoms with Gasteiger partial charge in [-0.15, -0.1) is 11.8 Å². The van der Waals surface area contributed by atoms with Crippen molar-refractivity contribution in [3.05, 3.63) is 0 Å². The molecular weight excluding hydrogens is 254 g/mol. The molecule has 0 aromatic heterocycles. The number of rotatable bonds is 7. The van der Waals surface area contributed by atoms with Crippen molar-refractivity contribution in [1.29, 1.82) is 0 Å². The highest BCUT2D eigenvalue weighted by Crippen LogP contribution is 2.23. The van der Waals surface area contributed by atoms with Crippen LogP contribution in [0.2, 0.25) is 0 Å². The first kappa shape index (κ1) is 15.3. The number of carboxylic acids is 1. The molecule has 1 heterocycles. The maximum atomic E-state index is 11.9. The molecule has 0 aromatic rings. The van der Waals surface area contributed by atoms with Gasteiger partial charge in [-0.3, -0.25) is 9.59 Å². The minimum Gasteiger partial charge on any atom is -0.481 e. The Morgan fingerprint density at radius 3 is 2.72 bits per heavy atom. The Morgan fingerprint density at radius 1 is 1.44 bits per heavy atom. The summed E-state index contributed by atoms with van der Waals surface area (Å²) < 4.78 is 5.27. The van der Waals surface area contributed by atoms with Crippen molar-refractivity contribution < 1.29 is 19.4 Å². The van der Waals surface area contributed by atoms with Crippen molar-refractivity contribution in [3.63, 3.8) is 0 Å². The monoisotopic (exact) mass is 275 g/mol. The van der Waals surface area contributed by atoms with Crippen LogP contribution < -0.4 is 5.32 Å². The Morgan fingerprint density at radius 2 is 2.11 bits per heavy atom. The molecule has 1 saturated heterocycles. The van der Waals surface area contributed by atoms with E-state index in [4.69, 9.17) is 9.84 Å². The van der Waals surface area contributed by atoms with Crippen LogP contribution in [0.1, 0.15) is 19.8 Å². The number of thioether (sulfide) groups is 1. The maximum Gasteiger partial charge on any atom is 0.313 e. The van der Waals surface area contributed by atoms with Crippen molar-refractivity contribution in [1.82, 2.24) is 5.32 Å². The molecule has 0 bridgehead atoms. The van der Waals surface area contributed by atoms with E-state index in [-0.39, 0.29) is 17.6 Å². The zero-order valence-corrected chi connectivity index (χ0v) is 11.5. The fraction of sp³-hybridized carbons (Fsp3) is 0.833. The molecule has 18 heavy (non-hydrogen) atoms. The van der Waals surface area contributed by atoms with Crippen LogP contribution in [0.25, 0.3) is 0 Å². The third-order valence-electron chi connectivity index (χ3n) is 3.16. The third-order valence-corrected chi connectivity index (χ3v) is 4.10. The molecule has 1 amide bonds. The van der Waals surface area contributed by atoms with Crippen molar-refractivity contribution in [2.24, 2.45) is 11.8 Å². The smallest absolute Gasteiger partial charge is 0.313 e. The summed E-state index contributed by atoms with van der Waals surface area (Å²) in [6.07, 6.45) is 1.89. The van der Waals surface area contributed by atoms with Gasteiger partial charge in [-0.1, -0.05) is 6.92 Å². The van der Waals surface area contributed by atoms with Crippen LogP contribution in [-0.2, 0) is 14.3 Å². The lowest BCUT2D eigenvalue weighted by Crippen LogP contribution is -2.36. The summed E-state index contributed by atoms with van der Waals surface area (Å²) in [5.41, 5.74) is 0. The molecule has 1 rings (SSSR count). The number of nitrogens with one attached hydrogen (secondary N) is 1. The first-order chi connectivity index (χ1) is 8.61. The van der Waals surface area contributed by atoms with Crippen LogP contribution in [0.5, 0.6) is 0 Å². The van der Waals surface area contributed by atoms with Gasteiger partial charge < -0.3 is 15.2 Å². The van der Waals surface area contributed by atoms with Gasteiger partial charge in [0, 0.05) is 31.4 Å². The molecule has 1 fully saturated rings. The van der Waals surface area contributed by atoms with Crippen molar-refractivity contribution in [2.45, 2.75) is 19.8 Å². The van der Waals surface area contributed by atoms with Crippen LogP contribution >= 0.6 is 11.8 Å². The number of carboxylic acid groups (broad SMARTS) is 1. The van der Waals surface area contributed by atoms with E-state index in [1.165, 1.54) is 11.8 Å². The molecule has 6 heteroatoms. The number of ether oxygens (including phenoxy) is 1. The highest BCUT2D eigenvalue weighted by Gasteiger charge is 2.25.